The largest absolute Gasteiger partial charge is 0.371 e. The Morgan fingerprint density at radius 1 is 1.21 bits per heavy atom. The molecule has 2 unspecified atom stereocenters. The van der Waals surface area contributed by atoms with E-state index in [2.05, 4.69) is 65.4 Å². The number of allylic oxidation sites excluding steroid dienone is 3. The van der Waals surface area contributed by atoms with Crippen molar-refractivity contribution in [1.82, 2.24) is 14.9 Å². The van der Waals surface area contributed by atoms with E-state index in [0.717, 1.165) is 61.7 Å². The summed E-state index contributed by atoms with van der Waals surface area (Å²) < 4.78 is 6.48. The lowest BCUT2D eigenvalue weighted by Gasteiger charge is -2.33. The second-order valence-electron chi connectivity index (χ2n) is 10.4. The number of carbonyl (C=O) groups excluding carboxylic acids is 1. The van der Waals surface area contributed by atoms with E-state index < -0.39 is 5.91 Å². The third-order valence-corrected chi connectivity index (χ3v) is 8.06. The highest BCUT2D eigenvalue weighted by Gasteiger charge is 2.39. The van der Waals surface area contributed by atoms with E-state index >= 15 is 0 Å². The molecular weight excluding hydrogens is 488 g/mol. The highest BCUT2D eigenvalue weighted by Crippen LogP contribution is 2.41. The van der Waals surface area contributed by atoms with Gasteiger partial charge in [-0.3, -0.25) is 4.79 Å². The number of hydrogen-bond donors (Lipinski definition) is 2. The molecule has 2 heterocycles. The average molecular weight is 529 g/mol. The average Bonchev–Trinajstić information content (AvgIpc) is 3.30. The zero-order valence-corrected chi connectivity index (χ0v) is 23.3. The van der Waals surface area contributed by atoms with Gasteiger partial charge in [-0.2, -0.15) is 4.98 Å². The minimum atomic E-state index is -0.390. The minimum absolute atomic E-state index is 0.0750. The fraction of sp³-hybridized carbons (Fsp3) is 0.452. The van der Waals surface area contributed by atoms with E-state index in [4.69, 9.17) is 20.4 Å². The van der Waals surface area contributed by atoms with Gasteiger partial charge in [0, 0.05) is 35.8 Å². The molecule has 3 atom stereocenters. The van der Waals surface area contributed by atoms with Gasteiger partial charge in [-0.15, -0.1) is 0 Å². The first-order valence-electron chi connectivity index (χ1n) is 14.2. The summed E-state index contributed by atoms with van der Waals surface area (Å²) in [5.41, 5.74) is 10.6. The minimum Gasteiger partial charge on any atom is -0.371 e. The van der Waals surface area contributed by atoms with Gasteiger partial charge in [-0.1, -0.05) is 68.5 Å². The van der Waals surface area contributed by atoms with Gasteiger partial charge >= 0.3 is 0 Å². The van der Waals surface area contributed by atoms with Crippen molar-refractivity contribution in [3.05, 3.63) is 82.7 Å². The number of aromatic nitrogens is 2. The molecule has 3 N–H and O–H groups in total. The van der Waals surface area contributed by atoms with Crippen molar-refractivity contribution in [3.8, 4) is 0 Å². The van der Waals surface area contributed by atoms with Crippen LogP contribution in [0.2, 0.25) is 0 Å². The van der Waals surface area contributed by atoms with Gasteiger partial charge in [0.15, 0.2) is 0 Å². The molecule has 8 nitrogen and oxygen atoms in total. The number of likely N-dealkylation sites (N-methyl/N-ethyl adjacent to an activating group) is 1. The summed E-state index contributed by atoms with van der Waals surface area (Å²) in [5, 5.41) is 3.62. The van der Waals surface area contributed by atoms with E-state index in [-0.39, 0.29) is 18.1 Å². The zero-order chi connectivity index (χ0) is 27.4. The number of nitrogens with one attached hydrogen (secondary N) is 1. The molecule has 206 valence electrons. The molecule has 1 aromatic heterocycles. The van der Waals surface area contributed by atoms with Crippen LogP contribution in [0.3, 0.4) is 0 Å². The van der Waals surface area contributed by atoms with E-state index in [1.54, 1.807) is 0 Å². The van der Waals surface area contributed by atoms with Gasteiger partial charge in [0.05, 0.1) is 18.3 Å². The first-order chi connectivity index (χ1) is 19.0. The van der Waals surface area contributed by atoms with E-state index in [1.807, 2.05) is 25.1 Å². The van der Waals surface area contributed by atoms with Gasteiger partial charge in [0.1, 0.15) is 11.9 Å². The second-order valence-corrected chi connectivity index (χ2v) is 10.4. The SMILES string of the molecule is CCN(CC)CCO[C@H]1CCCc2c(NCc3ccccc3)nc(N3C(C)=CC4C(C(N)=O)=CC=CC43)nc21. The number of anilines is 2. The summed E-state index contributed by atoms with van der Waals surface area (Å²) in [6.45, 7) is 10.7. The Bertz CT molecular complexity index is 1270. The van der Waals surface area contributed by atoms with Crippen LogP contribution in [-0.2, 0) is 22.5 Å². The molecule has 0 saturated heterocycles. The molecule has 0 radical (unpaired) electrons. The monoisotopic (exact) mass is 528 g/mol. The van der Waals surface area contributed by atoms with Crippen molar-refractivity contribution in [1.29, 1.82) is 0 Å². The summed E-state index contributed by atoms with van der Waals surface area (Å²) in [4.78, 5) is 26.9. The van der Waals surface area contributed by atoms with Crippen molar-refractivity contribution in [2.45, 2.75) is 58.7 Å². The Hall–Kier alpha value is -3.49. The summed E-state index contributed by atoms with van der Waals surface area (Å²) in [6, 6.07) is 10.3. The molecule has 5 rings (SSSR count). The van der Waals surface area contributed by atoms with Crippen molar-refractivity contribution in [3.63, 3.8) is 0 Å². The van der Waals surface area contributed by atoms with Gasteiger partial charge < -0.3 is 25.6 Å². The number of benzene rings is 1. The molecule has 1 aliphatic heterocycles. The van der Waals surface area contributed by atoms with Crippen LogP contribution in [0.1, 0.15) is 56.5 Å². The standard InChI is InChI=1S/C31H40N6O2/c1-4-36(5-2)17-18-39-27-16-10-14-24-28(27)34-31(35-30(24)33-20-22-11-7-6-8-12-22)37-21(3)19-25-23(29(32)38)13-9-15-26(25)37/h6-9,11-13,15,19,25-27H,4-5,10,14,16-18,20H2,1-3H3,(H2,32,38)(H,33,34,35)/t25?,26?,27-/m0/s1. The topological polar surface area (TPSA) is 96.6 Å². The Morgan fingerprint density at radius 2 is 2.00 bits per heavy atom. The number of rotatable bonds is 11. The number of primary amides is 1. The van der Waals surface area contributed by atoms with Crippen LogP contribution in [0.5, 0.6) is 0 Å². The molecule has 1 amide bonds. The van der Waals surface area contributed by atoms with Crippen LogP contribution in [-0.4, -0.2) is 53.1 Å². The zero-order valence-electron chi connectivity index (χ0n) is 23.3. The summed E-state index contributed by atoms with van der Waals surface area (Å²) in [6.07, 6.45) is 10.7. The lowest BCUT2D eigenvalue weighted by molar-refractivity contribution is -0.115. The van der Waals surface area contributed by atoms with Crippen molar-refractivity contribution >= 4 is 17.7 Å². The van der Waals surface area contributed by atoms with Crippen LogP contribution < -0.4 is 16.0 Å². The first kappa shape index (κ1) is 27.1. The maximum absolute atomic E-state index is 12.2. The maximum Gasteiger partial charge on any atom is 0.245 e. The lowest BCUT2D eigenvalue weighted by atomic mass is 9.88. The lowest BCUT2D eigenvalue weighted by Crippen LogP contribution is -2.38. The molecule has 0 spiro atoms. The molecule has 0 fully saturated rings. The van der Waals surface area contributed by atoms with Crippen LogP contribution >= 0.6 is 0 Å². The van der Waals surface area contributed by atoms with Crippen molar-refractivity contribution in [2.24, 2.45) is 11.7 Å². The number of ether oxygens (including phenoxy) is 1. The number of hydrogen-bond acceptors (Lipinski definition) is 7. The number of fused-ring (bicyclic) bond motifs is 2. The Kier molecular flexibility index (Phi) is 8.43. The highest BCUT2D eigenvalue weighted by molar-refractivity contribution is 5.94. The van der Waals surface area contributed by atoms with Gasteiger partial charge in [0.2, 0.25) is 11.9 Å². The molecule has 8 heteroatoms. The first-order valence-corrected chi connectivity index (χ1v) is 14.2. The maximum atomic E-state index is 12.2. The summed E-state index contributed by atoms with van der Waals surface area (Å²) in [7, 11) is 0. The Labute approximate surface area is 231 Å². The highest BCUT2D eigenvalue weighted by atomic mass is 16.5. The van der Waals surface area contributed by atoms with Gasteiger partial charge in [-0.25, -0.2) is 4.98 Å². The molecule has 39 heavy (non-hydrogen) atoms. The van der Waals surface area contributed by atoms with E-state index in [0.29, 0.717) is 24.7 Å². The molecular formula is C31H40N6O2. The number of amides is 1. The van der Waals surface area contributed by atoms with E-state index in [1.165, 1.54) is 5.56 Å². The summed E-state index contributed by atoms with van der Waals surface area (Å²) in [5.74, 6) is 0.977. The number of nitrogens with zero attached hydrogens (tertiary/aromatic N) is 4. The number of carbonyl (C=O) groups is 1. The third kappa shape index (κ3) is 5.77. The molecule has 0 saturated carbocycles. The third-order valence-electron chi connectivity index (χ3n) is 8.06. The second kappa shape index (κ2) is 12.1. The molecule has 2 aliphatic carbocycles. The quantitative estimate of drug-likeness (QED) is 0.443. The van der Waals surface area contributed by atoms with Gasteiger partial charge in [-0.05, 0) is 44.8 Å². The molecule has 2 aromatic rings. The fourth-order valence-corrected chi connectivity index (χ4v) is 5.90. The van der Waals surface area contributed by atoms with Crippen LogP contribution in [0, 0.1) is 5.92 Å². The Morgan fingerprint density at radius 3 is 2.74 bits per heavy atom. The fourth-order valence-electron chi connectivity index (χ4n) is 5.90. The Balaban J connectivity index is 1.48. The summed E-state index contributed by atoms with van der Waals surface area (Å²) >= 11 is 0. The number of nitrogens with two attached hydrogens (primary N) is 1. The molecule has 3 aliphatic rings. The van der Waals surface area contributed by atoms with E-state index in [9.17, 15) is 4.79 Å². The van der Waals surface area contributed by atoms with Crippen molar-refractivity contribution < 1.29 is 9.53 Å². The predicted octanol–water partition coefficient (Wildman–Crippen LogP) is 4.51. The normalized spacial score (nSPS) is 21.8. The van der Waals surface area contributed by atoms with Crippen molar-refractivity contribution in [2.75, 3.05) is 36.5 Å². The van der Waals surface area contributed by atoms with Crippen LogP contribution in [0.25, 0.3) is 0 Å². The molecule has 0 bridgehead atoms. The molecule has 1 aromatic carbocycles. The van der Waals surface area contributed by atoms with Crippen LogP contribution in [0.15, 0.2) is 65.9 Å². The smallest absolute Gasteiger partial charge is 0.245 e. The van der Waals surface area contributed by atoms with Crippen LogP contribution in [0.4, 0.5) is 11.8 Å². The van der Waals surface area contributed by atoms with Gasteiger partial charge in [0.25, 0.3) is 0 Å². The predicted molar refractivity (Wildman–Crippen MR) is 155 cm³/mol.